The Morgan fingerprint density at radius 1 is 1.06 bits per heavy atom. The monoisotopic (exact) mass is 489 g/mol. The molecular formula is C25H23N5O4S. The summed E-state index contributed by atoms with van der Waals surface area (Å²) in [5, 5.41) is 0.638. The number of methoxy groups -OCH3 is 2. The van der Waals surface area contributed by atoms with E-state index < -0.39 is 0 Å². The number of oxazole rings is 1. The van der Waals surface area contributed by atoms with Crippen LogP contribution in [0.15, 0.2) is 63.2 Å². The van der Waals surface area contributed by atoms with Gasteiger partial charge in [0.2, 0.25) is 5.89 Å². The first kappa shape index (κ1) is 22.7. The average molecular weight is 490 g/mol. The molecule has 0 aliphatic rings. The lowest BCUT2D eigenvalue weighted by Crippen LogP contribution is -2.07. The van der Waals surface area contributed by atoms with Gasteiger partial charge in [-0.25, -0.2) is 15.0 Å². The highest BCUT2D eigenvalue weighted by molar-refractivity contribution is 7.98. The van der Waals surface area contributed by atoms with Crippen molar-refractivity contribution in [2.75, 3.05) is 14.2 Å². The van der Waals surface area contributed by atoms with Gasteiger partial charge in [-0.15, -0.1) is 0 Å². The second-order valence-electron chi connectivity index (χ2n) is 7.85. The van der Waals surface area contributed by atoms with Crippen LogP contribution in [0.2, 0.25) is 0 Å². The number of thioether (sulfide) groups is 1. The van der Waals surface area contributed by atoms with Crippen LogP contribution in [0.1, 0.15) is 17.0 Å². The van der Waals surface area contributed by atoms with Crippen LogP contribution in [0.25, 0.3) is 28.3 Å². The van der Waals surface area contributed by atoms with E-state index >= 15 is 0 Å². The fourth-order valence-corrected chi connectivity index (χ4v) is 4.70. The molecule has 0 aliphatic carbocycles. The molecule has 3 heterocycles. The van der Waals surface area contributed by atoms with Crippen LogP contribution in [0.4, 0.5) is 0 Å². The van der Waals surface area contributed by atoms with E-state index in [4.69, 9.17) is 18.9 Å². The van der Waals surface area contributed by atoms with Crippen molar-refractivity contribution in [3.05, 3.63) is 76.2 Å². The Labute approximate surface area is 205 Å². The van der Waals surface area contributed by atoms with Gasteiger partial charge < -0.3 is 18.9 Å². The first-order valence-corrected chi connectivity index (χ1v) is 11.8. The molecule has 0 saturated heterocycles. The van der Waals surface area contributed by atoms with E-state index in [1.807, 2.05) is 54.8 Å². The normalized spacial score (nSPS) is 11.2. The standard InChI is InChI=1S/C25H23N5O4S/c1-14-5-7-16(8-6-14)30-22-21(23(31)27-13-26-22)29-25(30)35-12-19-15(2)34-24(28-19)18-10-9-17(32-3)11-20(18)33-4/h5-11,13H,12H2,1-4H3,(H,26,27,31). The van der Waals surface area contributed by atoms with Crippen LogP contribution < -0.4 is 15.0 Å². The van der Waals surface area contributed by atoms with E-state index in [9.17, 15) is 4.79 Å². The molecule has 178 valence electrons. The van der Waals surface area contributed by atoms with E-state index in [1.165, 1.54) is 18.1 Å². The van der Waals surface area contributed by atoms with Crippen LogP contribution >= 0.6 is 11.8 Å². The van der Waals surface area contributed by atoms with Crippen LogP contribution in [0, 0.1) is 13.8 Å². The largest absolute Gasteiger partial charge is 0.497 e. The molecular weight excluding hydrogens is 466 g/mol. The molecule has 0 saturated carbocycles. The number of ether oxygens (including phenoxy) is 2. The van der Waals surface area contributed by atoms with E-state index in [0.717, 1.165) is 22.5 Å². The van der Waals surface area contributed by atoms with E-state index in [2.05, 4.69) is 15.0 Å². The van der Waals surface area contributed by atoms with Gasteiger partial charge in [-0.1, -0.05) is 29.5 Å². The topological polar surface area (TPSA) is 108 Å². The number of hydrogen-bond donors (Lipinski definition) is 1. The summed E-state index contributed by atoms with van der Waals surface area (Å²) < 4.78 is 18.6. The number of nitrogens with zero attached hydrogens (tertiary/aromatic N) is 4. The summed E-state index contributed by atoms with van der Waals surface area (Å²) in [6.45, 7) is 3.90. The maximum absolute atomic E-state index is 12.4. The van der Waals surface area contributed by atoms with Crippen molar-refractivity contribution in [1.82, 2.24) is 24.5 Å². The number of aromatic amines is 1. The maximum Gasteiger partial charge on any atom is 0.278 e. The van der Waals surface area contributed by atoms with Gasteiger partial charge in [0.25, 0.3) is 5.56 Å². The molecule has 0 amide bonds. The summed E-state index contributed by atoms with van der Waals surface area (Å²) in [6, 6.07) is 13.5. The van der Waals surface area contributed by atoms with Crippen molar-refractivity contribution < 1.29 is 13.9 Å². The van der Waals surface area contributed by atoms with E-state index in [-0.39, 0.29) is 11.1 Å². The minimum Gasteiger partial charge on any atom is -0.497 e. The van der Waals surface area contributed by atoms with Crippen LogP contribution in [0.3, 0.4) is 0 Å². The Bertz CT molecular complexity index is 1570. The molecule has 9 nitrogen and oxygen atoms in total. The lowest BCUT2D eigenvalue weighted by Gasteiger charge is -2.08. The summed E-state index contributed by atoms with van der Waals surface area (Å²) in [7, 11) is 3.20. The summed E-state index contributed by atoms with van der Waals surface area (Å²) in [5.74, 6) is 2.93. The third-order valence-electron chi connectivity index (χ3n) is 5.58. The number of aryl methyl sites for hydroxylation is 2. The molecule has 0 fully saturated rings. The fourth-order valence-electron chi connectivity index (χ4n) is 3.69. The number of H-pyrrole nitrogens is 1. The van der Waals surface area contributed by atoms with E-state index in [0.29, 0.717) is 39.7 Å². The molecule has 5 rings (SSSR count). The van der Waals surface area contributed by atoms with Gasteiger partial charge in [-0.2, -0.15) is 0 Å². The Kier molecular flexibility index (Phi) is 6.04. The molecule has 2 aromatic carbocycles. The molecule has 0 aliphatic heterocycles. The minimum atomic E-state index is -0.283. The van der Waals surface area contributed by atoms with Gasteiger partial charge in [0.15, 0.2) is 16.3 Å². The summed E-state index contributed by atoms with van der Waals surface area (Å²) in [4.78, 5) is 28.7. The van der Waals surface area contributed by atoms with Gasteiger partial charge >= 0.3 is 0 Å². The second-order valence-corrected chi connectivity index (χ2v) is 8.79. The molecule has 0 bridgehead atoms. The molecule has 1 N–H and O–H groups in total. The Morgan fingerprint density at radius 3 is 2.60 bits per heavy atom. The SMILES string of the molecule is COc1ccc(-c2nc(CSc3nc4c(=O)[nH]cnc4n3-c3ccc(C)cc3)c(C)o2)c(OC)c1. The molecule has 0 spiro atoms. The third kappa shape index (κ3) is 4.28. The zero-order chi connectivity index (χ0) is 24.5. The van der Waals surface area contributed by atoms with Crippen LogP contribution in [0.5, 0.6) is 11.5 Å². The minimum absolute atomic E-state index is 0.283. The van der Waals surface area contributed by atoms with Crippen molar-refractivity contribution in [3.8, 4) is 28.6 Å². The number of hydrogen-bond acceptors (Lipinski definition) is 8. The molecule has 0 unspecified atom stereocenters. The smallest absolute Gasteiger partial charge is 0.278 e. The summed E-state index contributed by atoms with van der Waals surface area (Å²) in [6.07, 6.45) is 1.39. The fraction of sp³-hybridized carbons (Fsp3) is 0.200. The lowest BCUT2D eigenvalue weighted by molar-refractivity contribution is 0.394. The molecule has 5 aromatic rings. The molecule has 0 atom stereocenters. The van der Waals surface area contributed by atoms with Crippen molar-refractivity contribution in [3.63, 3.8) is 0 Å². The van der Waals surface area contributed by atoms with Gasteiger partial charge in [0.1, 0.15) is 17.3 Å². The highest BCUT2D eigenvalue weighted by Gasteiger charge is 2.20. The lowest BCUT2D eigenvalue weighted by atomic mass is 10.2. The van der Waals surface area contributed by atoms with Crippen molar-refractivity contribution in [2.24, 2.45) is 0 Å². The first-order chi connectivity index (χ1) is 17.0. The number of benzene rings is 2. The third-order valence-corrected chi connectivity index (χ3v) is 6.53. The average Bonchev–Trinajstić information content (AvgIpc) is 3.43. The number of imidazole rings is 1. The van der Waals surface area contributed by atoms with Gasteiger partial charge in [0, 0.05) is 17.5 Å². The Morgan fingerprint density at radius 2 is 1.86 bits per heavy atom. The number of fused-ring (bicyclic) bond motifs is 1. The molecule has 3 aromatic heterocycles. The second kappa shape index (κ2) is 9.30. The van der Waals surface area contributed by atoms with Gasteiger partial charge in [-0.3, -0.25) is 9.36 Å². The predicted octanol–water partition coefficient (Wildman–Crippen LogP) is 4.69. The number of aromatic nitrogens is 5. The summed E-state index contributed by atoms with van der Waals surface area (Å²) in [5.41, 5.74) is 4.02. The Hall–Kier alpha value is -4.05. The van der Waals surface area contributed by atoms with E-state index in [1.54, 1.807) is 20.3 Å². The predicted molar refractivity (Wildman–Crippen MR) is 134 cm³/mol. The van der Waals surface area contributed by atoms with Crippen molar-refractivity contribution in [2.45, 2.75) is 24.8 Å². The van der Waals surface area contributed by atoms with Crippen molar-refractivity contribution in [1.29, 1.82) is 0 Å². The number of nitrogens with one attached hydrogen (secondary N) is 1. The zero-order valence-corrected chi connectivity index (χ0v) is 20.5. The zero-order valence-electron chi connectivity index (χ0n) is 19.7. The maximum atomic E-state index is 12.4. The van der Waals surface area contributed by atoms with Crippen molar-refractivity contribution >= 4 is 22.9 Å². The van der Waals surface area contributed by atoms with Gasteiger partial charge in [-0.05, 0) is 38.1 Å². The van der Waals surface area contributed by atoms with Crippen LogP contribution in [-0.4, -0.2) is 38.7 Å². The Balaban J connectivity index is 1.50. The highest BCUT2D eigenvalue weighted by Crippen LogP contribution is 2.35. The molecule has 35 heavy (non-hydrogen) atoms. The number of rotatable bonds is 7. The molecule has 0 radical (unpaired) electrons. The van der Waals surface area contributed by atoms with Gasteiger partial charge in [0.05, 0.1) is 31.8 Å². The summed E-state index contributed by atoms with van der Waals surface area (Å²) >= 11 is 1.46. The molecule has 10 heteroatoms. The highest BCUT2D eigenvalue weighted by atomic mass is 32.2. The quantitative estimate of drug-likeness (QED) is 0.328. The van der Waals surface area contributed by atoms with Crippen LogP contribution in [-0.2, 0) is 5.75 Å². The first-order valence-electron chi connectivity index (χ1n) is 10.8.